The van der Waals surface area contributed by atoms with E-state index in [4.69, 9.17) is 5.11 Å². The summed E-state index contributed by atoms with van der Waals surface area (Å²) < 4.78 is 0. The van der Waals surface area contributed by atoms with Gasteiger partial charge in [0.25, 0.3) is 0 Å². The number of hydrogen-bond donors (Lipinski definition) is 3. The van der Waals surface area contributed by atoms with E-state index in [0.29, 0.717) is 12.8 Å². The highest BCUT2D eigenvalue weighted by atomic mass is 16.4. The predicted molar refractivity (Wildman–Crippen MR) is 79.9 cm³/mol. The zero-order valence-electron chi connectivity index (χ0n) is 12.2. The highest BCUT2D eigenvalue weighted by molar-refractivity contribution is 5.75. The van der Waals surface area contributed by atoms with Crippen LogP contribution in [-0.4, -0.2) is 23.1 Å². The van der Waals surface area contributed by atoms with E-state index in [0.717, 1.165) is 18.4 Å². The van der Waals surface area contributed by atoms with Gasteiger partial charge >= 0.3 is 12.0 Å². The molecule has 1 aromatic rings. The fourth-order valence-corrected chi connectivity index (χ4v) is 2.79. The molecule has 0 spiro atoms. The first-order valence-electron chi connectivity index (χ1n) is 7.41. The monoisotopic (exact) mass is 290 g/mol. The van der Waals surface area contributed by atoms with Gasteiger partial charge in [-0.3, -0.25) is 4.79 Å². The SMILES string of the molecule is CC(NC(=O)NC1CCCC(C(=O)O)C1)c1ccccc1. The van der Waals surface area contributed by atoms with Crippen LogP contribution in [0.15, 0.2) is 30.3 Å². The number of aliphatic carboxylic acids is 1. The van der Waals surface area contributed by atoms with Crippen molar-refractivity contribution in [1.29, 1.82) is 0 Å². The summed E-state index contributed by atoms with van der Waals surface area (Å²) >= 11 is 0. The average molecular weight is 290 g/mol. The van der Waals surface area contributed by atoms with E-state index >= 15 is 0 Å². The van der Waals surface area contributed by atoms with Crippen LogP contribution in [0.5, 0.6) is 0 Å². The van der Waals surface area contributed by atoms with Crippen molar-refractivity contribution in [3.63, 3.8) is 0 Å². The second-order valence-electron chi connectivity index (χ2n) is 5.65. The molecule has 3 atom stereocenters. The van der Waals surface area contributed by atoms with E-state index in [1.54, 1.807) is 0 Å². The van der Waals surface area contributed by atoms with Crippen molar-refractivity contribution >= 4 is 12.0 Å². The number of hydrogen-bond acceptors (Lipinski definition) is 2. The van der Waals surface area contributed by atoms with Gasteiger partial charge in [-0.1, -0.05) is 36.8 Å². The molecule has 5 heteroatoms. The van der Waals surface area contributed by atoms with E-state index in [9.17, 15) is 9.59 Å². The number of nitrogens with one attached hydrogen (secondary N) is 2. The molecule has 114 valence electrons. The van der Waals surface area contributed by atoms with Gasteiger partial charge in [-0.15, -0.1) is 0 Å². The minimum Gasteiger partial charge on any atom is -0.481 e. The van der Waals surface area contributed by atoms with Crippen molar-refractivity contribution in [3.8, 4) is 0 Å². The lowest BCUT2D eigenvalue weighted by molar-refractivity contribution is -0.143. The number of urea groups is 1. The number of carboxylic acids is 1. The highest BCUT2D eigenvalue weighted by Gasteiger charge is 2.27. The normalized spacial score (nSPS) is 23.1. The summed E-state index contributed by atoms with van der Waals surface area (Å²) in [6, 6.07) is 9.37. The van der Waals surface area contributed by atoms with Crippen LogP contribution in [0, 0.1) is 5.92 Å². The van der Waals surface area contributed by atoms with Gasteiger partial charge in [0.2, 0.25) is 0 Å². The van der Waals surface area contributed by atoms with Gasteiger partial charge < -0.3 is 15.7 Å². The Balaban J connectivity index is 1.83. The topological polar surface area (TPSA) is 78.4 Å². The number of carbonyl (C=O) groups is 2. The zero-order valence-corrected chi connectivity index (χ0v) is 12.2. The lowest BCUT2D eigenvalue weighted by atomic mass is 9.86. The van der Waals surface area contributed by atoms with Crippen LogP contribution < -0.4 is 10.6 Å². The molecule has 3 unspecified atom stereocenters. The molecular weight excluding hydrogens is 268 g/mol. The van der Waals surface area contributed by atoms with Gasteiger partial charge in [-0.25, -0.2) is 4.79 Å². The summed E-state index contributed by atoms with van der Waals surface area (Å²) in [6.07, 6.45) is 2.91. The maximum Gasteiger partial charge on any atom is 0.315 e. The Labute approximate surface area is 124 Å². The number of carbonyl (C=O) groups excluding carboxylic acids is 1. The van der Waals surface area contributed by atoms with E-state index in [1.165, 1.54) is 0 Å². The standard InChI is InChI=1S/C16H22N2O3/c1-11(12-6-3-2-4-7-12)17-16(21)18-14-9-5-8-13(10-14)15(19)20/h2-4,6-7,11,13-14H,5,8-10H2,1H3,(H,19,20)(H2,17,18,21). The van der Waals surface area contributed by atoms with Crippen molar-refractivity contribution in [1.82, 2.24) is 10.6 Å². The van der Waals surface area contributed by atoms with E-state index < -0.39 is 5.97 Å². The lowest BCUT2D eigenvalue weighted by Gasteiger charge is -2.28. The number of rotatable bonds is 4. The molecule has 0 aromatic heterocycles. The quantitative estimate of drug-likeness (QED) is 0.797. The Morgan fingerprint density at radius 1 is 1.24 bits per heavy atom. The largest absolute Gasteiger partial charge is 0.481 e. The first-order valence-corrected chi connectivity index (χ1v) is 7.41. The second-order valence-corrected chi connectivity index (χ2v) is 5.65. The molecule has 0 bridgehead atoms. The molecule has 3 N–H and O–H groups in total. The molecule has 0 saturated heterocycles. The molecule has 1 aromatic carbocycles. The van der Waals surface area contributed by atoms with Crippen molar-refractivity contribution in [2.75, 3.05) is 0 Å². The van der Waals surface area contributed by atoms with Crippen LogP contribution in [0.1, 0.15) is 44.2 Å². The fourth-order valence-electron chi connectivity index (χ4n) is 2.79. The molecule has 1 fully saturated rings. The molecule has 1 saturated carbocycles. The van der Waals surface area contributed by atoms with Gasteiger partial charge in [0.1, 0.15) is 0 Å². The Bertz CT molecular complexity index is 490. The predicted octanol–water partition coefficient (Wildman–Crippen LogP) is 2.69. The Hall–Kier alpha value is -2.04. The first-order chi connectivity index (χ1) is 10.1. The summed E-state index contributed by atoms with van der Waals surface area (Å²) in [5, 5.41) is 14.8. The highest BCUT2D eigenvalue weighted by Crippen LogP contribution is 2.24. The van der Waals surface area contributed by atoms with Gasteiger partial charge in [0, 0.05) is 6.04 Å². The minimum atomic E-state index is -0.764. The summed E-state index contributed by atoms with van der Waals surface area (Å²) in [7, 11) is 0. The van der Waals surface area contributed by atoms with Gasteiger partial charge in [-0.2, -0.15) is 0 Å². The maximum absolute atomic E-state index is 12.0. The summed E-state index contributed by atoms with van der Waals surface area (Å²) in [4.78, 5) is 23.0. The second kappa shape index (κ2) is 7.11. The Morgan fingerprint density at radius 2 is 1.95 bits per heavy atom. The number of carboxylic acid groups (broad SMARTS) is 1. The number of benzene rings is 1. The molecule has 0 heterocycles. The third-order valence-electron chi connectivity index (χ3n) is 4.01. The Kier molecular flexibility index (Phi) is 5.20. The average Bonchev–Trinajstić information content (AvgIpc) is 2.48. The molecule has 2 amide bonds. The first kappa shape index (κ1) is 15.4. The molecule has 0 radical (unpaired) electrons. The summed E-state index contributed by atoms with van der Waals surface area (Å²) in [5.41, 5.74) is 1.04. The van der Waals surface area contributed by atoms with Crippen molar-refractivity contribution in [3.05, 3.63) is 35.9 Å². The third kappa shape index (κ3) is 4.48. The molecule has 5 nitrogen and oxygen atoms in total. The molecule has 21 heavy (non-hydrogen) atoms. The van der Waals surface area contributed by atoms with E-state index in [-0.39, 0.29) is 24.0 Å². The van der Waals surface area contributed by atoms with Crippen molar-refractivity contribution < 1.29 is 14.7 Å². The van der Waals surface area contributed by atoms with Crippen molar-refractivity contribution in [2.45, 2.75) is 44.7 Å². The summed E-state index contributed by atoms with van der Waals surface area (Å²) in [6.45, 7) is 1.93. The van der Waals surface area contributed by atoms with Crippen LogP contribution in [0.2, 0.25) is 0 Å². The Morgan fingerprint density at radius 3 is 2.62 bits per heavy atom. The number of amides is 2. The molecule has 1 aliphatic rings. The van der Waals surface area contributed by atoms with Gasteiger partial charge in [0.15, 0.2) is 0 Å². The zero-order chi connectivity index (χ0) is 15.2. The minimum absolute atomic E-state index is 0.0529. The smallest absolute Gasteiger partial charge is 0.315 e. The van der Waals surface area contributed by atoms with Crippen LogP contribution in [0.4, 0.5) is 4.79 Å². The third-order valence-corrected chi connectivity index (χ3v) is 4.01. The van der Waals surface area contributed by atoms with Gasteiger partial charge in [-0.05, 0) is 31.7 Å². The molecule has 1 aliphatic carbocycles. The molecule has 2 rings (SSSR count). The van der Waals surface area contributed by atoms with Crippen LogP contribution >= 0.6 is 0 Å². The maximum atomic E-state index is 12.0. The van der Waals surface area contributed by atoms with Gasteiger partial charge in [0.05, 0.1) is 12.0 Å². The van der Waals surface area contributed by atoms with Crippen LogP contribution in [0.3, 0.4) is 0 Å². The van der Waals surface area contributed by atoms with E-state index in [1.807, 2.05) is 37.3 Å². The fraction of sp³-hybridized carbons (Fsp3) is 0.500. The lowest BCUT2D eigenvalue weighted by Crippen LogP contribution is -2.45. The summed E-state index contributed by atoms with van der Waals surface area (Å²) in [5.74, 6) is -1.10. The van der Waals surface area contributed by atoms with Crippen molar-refractivity contribution in [2.24, 2.45) is 5.92 Å². The molecule has 0 aliphatic heterocycles. The van der Waals surface area contributed by atoms with Crippen LogP contribution in [-0.2, 0) is 4.79 Å². The van der Waals surface area contributed by atoms with E-state index in [2.05, 4.69) is 10.6 Å². The van der Waals surface area contributed by atoms with Crippen LogP contribution in [0.25, 0.3) is 0 Å². The molecular formula is C16H22N2O3.